The SMILES string of the molecule is Cc1cc(C)c(OCC(=O)NCC(=O)O)c(C)c1. The van der Waals surface area contributed by atoms with Crippen molar-refractivity contribution >= 4 is 11.9 Å². The Labute approximate surface area is 106 Å². The predicted octanol–water partition coefficient (Wildman–Crippen LogP) is 1.19. The molecule has 0 unspecified atom stereocenters. The minimum absolute atomic E-state index is 0.183. The summed E-state index contributed by atoms with van der Waals surface area (Å²) in [6.07, 6.45) is 0. The monoisotopic (exact) mass is 251 g/mol. The molecule has 0 saturated carbocycles. The Morgan fingerprint density at radius 3 is 2.28 bits per heavy atom. The second kappa shape index (κ2) is 6.05. The minimum atomic E-state index is -1.08. The van der Waals surface area contributed by atoms with Crippen LogP contribution < -0.4 is 10.1 Å². The average molecular weight is 251 g/mol. The van der Waals surface area contributed by atoms with E-state index in [1.165, 1.54) is 0 Å². The Bertz CT molecular complexity index is 445. The van der Waals surface area contributed by atoms with Gasteiger partial charge in [-0.3, -0.25) is 9.59 Å². The highest BCUT2D eigenvalue weighted by atomic mass is 16.5. The fraction of sp³-hybridized carbons (Fsp3) is 0.385. The lowest BCUT2D eigenvalue weighted by Crippen LogP contribution is -2.33. The van der Waals surface area contributed by atoms with E-state index in [0.29, 0.717) is 5.75 Å². The van der Waals surface area contributed by atoms with Crippen LogP contribution in [-0.4, -0.2) is 30.1 Å². The Hall–Kier alpha value is -2.04. The third kappa shape index (κ3) is 4.08. The molecule has 2 N–H and O–H groups in total. The molecule has 0 aliphatic rings. The molecule has 18 heavy (non-hydrogen) atoms. The molecule has 1 aromatic rings. The molecule has 0 aliphatic carbocycles. The molecule has 0 bridgehead atoms. The lowest BCUT2D eigenvalue weighted by molar-refractivity contribution is -0.138. The number of aliphatic carboxylic acids is 1. The number of rotatable bonds is 5. The number of benzene rings is 1. The van der Waals surface area contributed by atoms with Gasteiger partial charge in [0.25, 0.3) is 5.91 Å². The highest BCUT2D eigenvalue weighted by molar-refractivity contribution is 5.82. The Kier molecular flexibility index (Phi) is 4.71. The number of carbonyl (C=O) groups excluding carboxylic acids is 1. The number of amides is 1. The van der Waals surface area contributed by atoms with E-state index in [9.17, 15) is 9.59 Å². The van der Waals surface area contributed by atoms with Gasteiger partial charge >= 0.3 is 5.97 Å². The molecule has 5 nitrogen and oxygen atoms in total. The van der Waals surface area contributed by atoms with Crippen molar-refractivity contribution in [1.82, 2.24) is 5.32 Å². The zero-order valence-electron chi connectivity index (χ0n) is 10.7. The van der Waals surface area contributed by atoms with Crippen LogP contribution in [0.4, 0.5) is 0 Å². The van der Waals surface area contributed by atoms with Crippen LogP contribution >= 0.6 is 0 Å². The molecule has 0 spiro atoms. The van der Waals surface area contributed by atoms with Crippen LogP contribution in [0, 0.1) is 20.8 Å². The van der Waals surface area contributed by atoms with Gasteiger partial charge in [0.15, 0.2) is 6.61 Å². The first-order valence-corrected chi connectivity index (χ1v) is 5.59. The van der Waals surface area contributed by atoms with Crippen LogP contribution in [0.5, 0.6) is 5.75 Å². The van der Waals surface area contributed by atoms with Gasteiger partial charge in [-0.15, -0.1) is 0 Å². The van der Waals surface area contributed by atoms with E-state index in [-0.39, 0.29) is 6.61 Å². The van der Waals surface area contributed by atoms with Gasteiger partial charge in [-0.25, -0.2) is 0 Å². The molecule has 0 atom stereocenters. The van der Waals surface area contributed by atoms with Crippen LogP contribution in [0.1, 0.15) is 16.7 Å². The largest absolute Gasteiger partial charge is 0.483 e. The lowest BCUT2D eigenvalue weighted by Gasteiger charge is -2.12. The number of carboxylic acids is 1. The van der Waals surface area contributed by atoms with E-state index in [2.05, 4.69) is 5.32 Å². The lowest BCUT2D eigenvalue weighted by atomic mass is 10.1. The van der Waals surface area contributed by atoms with Gasteiger partial charge < -0.3 is 15.2 Å². The first-order chi connectivity index (χ1) is 8.40. The molecule has 0 aliphatic heterocycles. The number of ether oxygens (including phenoxy) is 1. The number of hydrogen-bond donors (Lipinski definition) is 2. The third-order valence-electron chi connectivity index (χ3n) is 2.39. The summed E-state index contributed by atoms with van der Waals surface area (Å²) in [4.78, 5) is 21.6. The summed E-state index contributed by atoms with van der Waals surface area (Å²) in [5.41, 5.74) is 3.05. The topological polar surface area (TPSA) is 75.6 Å². The molecule has 0 heterocycles. The first kappa shape index (κ1) is 14.0. The fourth-order valence-corrected chi connectivity index (χ4v) is 1.76. The number of carboxylic acid groups (broad SMARTS) is 1. The standard InChI is InChI=1S/C13H17NO4/c1-8-4-9(2)13(10(3)5-8)18-7-11(15)14-6-12(16)17/h4-5H,6-7H2,1-3H3,(H,14,15)(H,16,17). The highest BCUT2D eigenvalue weighted by Gasteiger charge is 2.08. The molecular formula is C13H17NO4. The van der Waals surface area contributed by atoms with Gasteiger partial charge in [-0.05, 0) is 31.9 Å². The molecule has 5 heteroatoms. The van der Waals surface area contributed by atoms with Crippen molar-refractivity contribution in [3.8, 4) is 5.75 Å². The maximum Gasteiger partial charge on any atom is 0.322 e. The number of hydrogen-bond acceptors (Lipinski definition) is 3. The van der Waals surface area contributed by atoms with E-state index in [1.807, 2.05) is 32.9 Å². The van der Waals surface area contributed by atoms with Gasteiger partial charge in [0.05, 0.1) is 0 Å². The molecular weight excluding hydrogens is 234 g/mol. The van der Waals surface area contributed by atoms with Crippen molar-refractivity contribution in [1.29, 1.82) is 0 Å². The van der Waals surface area contributed by atoms with Gasteiger partial charge in [0.2, 0.25) is 0 Å². The maximum absolute atomic E-state index is 11.3. The summed E-state index contributed by atoms with van der Waals surface area (Å²) >= 11 is 0. The van der Waals surface area contributed by atoms with Crippen LogP contribution in [0.2, 0.25) is 0 Å². The first-order valence-electron chi connectivity index (χ1n) is 5.59. The Balaban J connectivity index is 2.58. The highest BCUT2D eigenvalue weighted by Crippen LogP contribution is 2.24. The molecule has 0 aromatic heterocycles. The van der Waals surface area contributed by atoms with Crippen LogP contribution in [0.15, 0.2) is 12.1 Å². The van der Waals surface area contributed by atoms with Crippen LogP contribution in [0.25, 0.3) is 0 Å². The third-order valence-corrected chi connectivity index (χ3v) is 2.39. The smallest absolute Gasteiger partial charge is 0.322 e. The van der Waals surface area contributed by atoms with E-state index in [1.54, 1.807) is 0 Å². The summed E-state index contributed by atoms with van der Waals surface area (Å²) in [6, 6.07) is 3.94. The van der Waals surface area contributed by atoms with Crippen molar-refractivity contribution in [2.45, 2.75) is 20.8 Å². The Morgan fingerprint density at radius 2 is 1.78 bits per heavy atom. The van der Waals surface area contributed by atoms with Crippen molar-refractivity contribution in [2.24, 2.45) is 0 Å². The second-order valence-corrected chi connectivity index (χ2v) is 4.19. The predicted molar refractivity (Wildman–Crippen MR) is 66.8 cm³/mol. The number of carbonyl (C=O) groups is 2. The quantitative estimate of drug-likeness (QED) is 0.824. The summed E-state index contributed by atoms with van der Waals surface area (Å²) in [6.45, 7) is 5.23. The molecule has 0 fully saturated rings. The minimum Gasteiger partial charge on any atom is -0.483 e. The number of nitrogens with one attached hydrogen (secondary N) is 1. The summed E-state index contributed by atoms with van der Waals surface area (Å²) in [5, 5.41) is 10.7. The van der Waals surface area contributed by atoms with Gasteiger partial charge in [0.1, 0.15) is 12.3 Å². The zero-order valence-corrected chi connectivity index (χ0v) is 10.7. The van der Waals surface area contributed by atoms with E-state index < -0.39 is 18.4 Å². The van der Waals surface area contributed by atoms with Crippen molar-refractivity contribution in [2.75, 3.05) is 13.2 Å². The van der Waals surface area contributed by atoms with Crippen molar-refractivity contribution in [3.05, 3.63) is 28.8 Å². The molecule has 98 valence electrons. The normalized spacial score (nSPS) is 9.94. The zero-order chi connectivity index (χ0) is 13.7. The van der Waals surface area contributed by atoms with Crippen molar-refractivity contribution in [3.63, 3.8) is 0 Å². The fourth-order valence-electron chi connectivity index (χ4n) is 1.76. The summed E-state index contributed by atoms with van der Waals surface area (Å²) in [5.74, 6) is -0.853. The van der Waals surface area contributed by atoms with Crippen LogP contribution in [0.3, 0.4) is 0 Å². The summed E-state index contributed by atoms with van der Waals surface area (Å²) in [7, 11) is 0. The van der Waals surface area contributed by atoms with E-state index in [0.717, 1.165) is 16.7 Å². The second-order valence-electron chi connectivity index (χ2n) is 4.19. The van der Waals surface area contributed by atoms with Crippen LogP contribution in [-0.2, 0) is 9.59 Å². The molecule has 1 rings (SSSR count). The molecule has 1 aromatic carbocycles. The van der Waals surface area contributed by atoms with Gasteiger partial charge in [0, 0.05) is 0 Å². The van der Waals surface area contributed by atoms with E-state index in [4.69, 9.17) is 9.84 Å². The summed E-state index contributed by atoms with van der Waals surface area (Å²) < 4.78 is 5.41. The van der Waals surface area contributed by atoms with Gasteiger partial charge in [-0.1, -0.05) is 17.7 Å². The molecule has 1 amide bonds. The number of aryl methyl sites for hydroxylation is 3. The Morgan fingerprint density at radius 1 is 1.22 bits per heavy atom. The molecule has 0 radical (unpaired) electrons. The average Bonchev–Trinajstić information content (AvgIpc) is 2.24. The maximum atomic E-state index is 11.3. The van der Waals surface area contributed by atoms with Crippen molar-refractivity contribution < 1.29 is 19.4 Å². The van der Waals surface area contributed by atoms with Gasteiger partial charge in [-0.2, -0.15) is 0 Å². The molecule has 0 saturated heterocycles. The van der Waals surface area contributed by atoms with E-state index >= 15 is 0 Å².